The van der Waals surface area contributed by atoms with Crippen molar-refractivity contribution in [2.24, 2.45) is 0 Å². The number of benzene rings is 1. The normalized spacial score (nSPS) is 15.5. The van der Waals surface area contributed by atoms with Crippen molar-refractivity contribution >= 4 is 5.82 Å². The van der Waals surface area contributed by atoms with Crippen LogP contribution >= 0.6 is 0 Å². The molecule has 1 fully saturated rings. The molecule has 1 aromatic carbocycles. The number of aromatic nitrogens is 2. The summed E-state index contributed by atoms with van der Waals surface area (Å²) >= 11 is 0. The van der Waals surface area contributed by atoms with Gasteiger partial charge in [0.15, 0.2) is 0 Å². The third kappa shape index (κ3) is 3.53. The molecule has 0 atom stereocenters. The Labute approximate surface area is 130 Å². The van der Waals surface area contributed by atoms with Crippen LogP contribution in [0.1, 0.15) is 32.1 Å². The molecule has 0 N–H and O–H groups in total. The van der Waals surface area contributed by atoms with Crippen LogP contribution < -0.4 is 9.64 Å². The molecule has 3 rings (SSSR count). The summed E-state index contributed by atoms with van der Waals surface area (Å²) in [6.07, 6.45) is 7.79. The number of hydrogen-bond donors (Lipinski definition) is 0. The van der Waals surface area contributed by atoms with Crippen LogP contribution in [0.3, 0.4) is 0 Å². The molecule has 0 amide bonds. The van der Waals surface area contributed by atoms with Gasteiger partial charge in [0, 0.05) is 19.2 Å². The standard InChI is InChI=1S/C17H20FN3O/c1-21(14-5-3-2-4-6-14)16-11-17(20-12-19-16)22-15-9-7-13(18)8-10-15/h7-12,14H,2-6H2,1H3. The van der Waals surface area contributed by atoms with Gasteiger partial charge in [0.2, 0.25) is 5.88 Å². The Morgan fingerprint density at radius 2 is 1.82 bits per heavy atom. The van der Waals surface area contributed by atoms with E-state index in [4.69, 9.17) is 4.74 Å². The van der Waals surface area contributed by atoms with Crippen molar-refractivity contribution in [1.82, 2.24) is 9.97 Å². The summed E-state index contributed by atoms with van der Waals surface area (Å²) in [5.41, 5.74) is 0. The summed E-state index contributed by atoms with van der Waals surface area (Å²) < 4.78 is 18.6. The lowest BCUT2D eigenvalue weighted by molar-refractivity contribution is 0.424. The number of ether oxygens (including phenoxy) is 1. The Hall–Kier alpha value is -2.17. The molecule has 0 bridgehead atoms. The molecular weight excluding hydrogens is 281 g/mol. The van der Waals surface area contributed by atoms with Gasteiger partial charge in [-0.3, -0.25) is 0 Å². The van der Waals surface area contributed by atoms with Gasteiger partial charge in [-0.25, -0.2) is 14.4 Å². The molecule has 0 saturated heterocycles. The van der Waals surface area contributed by atoms with Crippen LogP contribution in [0.15, 0.2) is 36.7 Å². The molecule has 0 unspecified atom stereocenters. The topological polar surface area (TPSA) is 38.2 Å². The van der Waals surface area contributed by atoms with Crippen molar-refractivity contribution in [1.29, 1.82) is 0 Å². The molecule has 5 heteroatoms. The van der Waals surface area contributed by atoms with Gasteiger partial charge in [-0.1, -0.05) is 19.3 Å². The summed E-state index contributed by atoms with van der Waals surface area (Å²) in [5.74, 6) is 1.61. The van der Waals surface area contributed by atoms with E-state index in [2.05, 4.69) is 21.9 Å². The molecule has 0 spiro atoms. The van der Waals surface area contributed by atoms with Crippen molar-refractivity contribution in [3.05, 3.63) is 42.5 Å². The maximum Gasteiger partial charge on any atom is 0.224 e. The quantitative estimate of drug-likeness (QED) is 0.849. The zero-order chi connectivity index (χ0) is 15.4. The van der Waals surface area contributed by atoms with Gasteiger partial charge >= 0.3 is 0 Å². The Morgan fingerprint density at radius 1 is 1.09 bits per heavy atom. The highest BCUT2D eigenvalue weighted by Crippen LogP contribution is 2.27. The van der Waals surface area contributed by atoms with Crippen LogP contribution in [-0.4, -0.2) is 23.1 Å². The molecule has 1 aromatic heterocycles. The second-order valence-electron chi connectivity index (χ2n) is 5.67. The van der Waals surface area contributed by atoms with E-state index in [0.717, 1.165) is 5.82 Å². The van der Waals surface area contributed by atoms with Gasteiger partial charge in [0.05, 0.1) is 0 Å². The Bertz CT molecular complexity index is 612. The van der Waals surface area contributed by atoms with Crippen LogP contribution in [0.2, 0.25) is 0 Å². The van der Waals surface area contributed by atoms with Crippen LogP contribution in [-0.2, 0) is 0 Å². The Kier molecular flexibility index (Phi) is 4.51. The number of anilines is 1. The van der Waals surface area contributed by atoms with Crippen LogP contribution in [0, 0.1) is 5.82 Å². The maximum atomic E-state index is 12.9. The average molecular weight is 301 g/mol. The van der Waals surface area contributed by atoms with Gasteiger partial charge in [0.25, 0.3) is 0 Å². The largest absolute Gasteiger partial charge is 0.439 e. The molecule has 22 heavy (non-hydrogen) atoms. The summed E-state index contributed by atoms with van der Waals surface area (Å²) in [6.45, 7) is 0. The van der Waals surface area contributed by atoms with Crippen LogP contribution in [0.5, 0.6) is 11.6 Å². The summed E-state index contributed by atoms with van der Waals surface area (Å²) in [6, 6.07) is 8.27. The summed E-state index contributed by atoms with van der Waals surface area (Å²) in [5, 5.41) is 0. The summed E-state index contributed by atoms with van der Waals surface area (Å²) in [4.78, 5) is 10.7. The second kappa shape index (κ2) is 6.73. The van der Waals surface area contributed by atoms with E-state index in [1.54, 1.807) is 12.1 Å². The Balaban J connectivity index is 1.72. The highest BCUT2D eigenvalue weighted by atomic mass is 19.1. The number of rotatable bonds is 4. The number of nitrogens with zero attached hydrogens (tertiary/aromatic N) is 3. The van der Waals surface area contributed by atoms with E-state index >= 15 is 0 Å². The summed E-state index contributed by atoms with van der Waals surface area (Å²) in [7, 11) is 2.07. The van der Waals surface area contributed by atoms with Gasteiger partial charge < -0.3 is 9.64 Å². The molecule has 116 valence electrons. The van der Waals surface area contributed by atoms with Crippen molar-refractivity contribution < 1.29 is 9.13 Å². The maximum absolute atomic E-state index is 12.9. The molecule has 2 aromatic rings. The number of hydrogen-bond acceptors (Lipinski definition) is 4. The SMILES string of the molecule is CN(c1cc(Oc2ccc(F)cc2)ncn1)C1CCCCC1. The minimum atomic E-state index is -0.284. The first-order valence-electron chi connectivity index (χ1n) is 7.71. The molecule has 0 radical (unpaired) electrons. The van der Waals surface area contributed by atoms with Gasteiger partial charge in [-0.2, -0.15) is 0 Å². The van der Waals surface area contributed by atoms with E-state index in [1.807, 2.05) is 6.07 Å². The second-order valence-corrected chi connectivity index (χ2v) is 5.67. The van der Waals surface area contributed by atoms with Crippen molar-refractivity contribution in [2.75, 3.05) is 11.9 Å². The predicted octanol–water partition coefficient (Wildman–Crippen LogP) is 4.18. The van der Waals surface area contributed by atoms with Gasteiger partial charge in [-0.15, -0.1) is 0 Å². The smallest absolute Gasteiger partial charge is 0.224 e. The van der Waals surface area contributed by atoms with Crippen LogP contribution in [0.4, 0.5) is 10.2 Å². The first-order valence-corrected chi connectivity index (χ1v) is 7.71. The lowest BCUT2D eigenvalue weighted by Crippen LogP contribution is -2.33. The molecule has 1 aliphatic carbocycles. The fourth-order valence-corrected chi connectivity index (χ4v) is 2.86. The highest BCUT2D eigenvalue weighted by molar-refractivity contribution is 5.42. The van der Waals surface area contributed by atoms with Gasteiger partial charge in [-0.05, 0) is 37.1 Å². The van der Waals surface area contributed by atoms with Crippen molar-refractivity contribution in [2.45, 2.75) is 38.1 Å². The van der Waals surface area contributed by atoms with Crippen molar-refractivity contribution in [3.63, 3.8) is 0 Å². The highest BCUT2D eigenvalue weighted by Gasteiger charge is 2.19. The third-order valence-corrected chi connectivity index (χ3v) is 4.15. The monoisotopic (exact) mass is 301 g/mol. The predicted molar refractivity (Wildman–Crippen MR) is 83.8 cm³/mol. The zero-order valence-electron chi connectivity index (χ0n) is 12.7. The minimum absolute atomic E-state index is 0.284. The first-order chi connectivity index (χ1) is 10.7. The lowest BCUT2D eigenvalue weighted by Gasteiger charge is -2.32. The fraction of sp³-hybridized carbons (Fsp3) is 0.412. The van der Waals surface area contributed by atoms with E-state index < -0.39 is 0 Å². The fourth-order valence-electron chi connectivity index (χ4n) is 2.86. The molecule has 1 saturated carbocycles. The zero-order valence-corrected chi connectivity index (χ0v) is 12.7. The van der Waals surface area contributed by atoms with Crippen molar-refractivity contribution in [3.8, 4) is 11.6 Å². The lowest BCUT2D eigenvalue weighted by atomic mass is 9.94. The van der Waals surface area contributed by atoms with Gasteiger partial charge in [0.1, 0.15) is 23.7 Å². The molecule has 1 heterocycles. The Morgan fingerprint density at radius 3 is 2.55 bits per heavy atom. The van der Waals surface area contributed by atoms with E-state index in [1.165, 1.54) is 50.6 Å². The molecule has 0 aliphatic heterocycles. The van der Waals surface area contributed by atoms with E-state index in [0.29, 0.717) is 17.7 Å². The first kappa shape index (κ1) is 14.8. The number of halogens is 1. The third-order valence-electron chi connectivity index (χ3n) is 4.15. The average Bonchev–Trinajstić information content (AvgIpc) is 2.57. The molecule has 1 aliphatic rings. The molecular formula is C17H20FN3O. The van der Waals surface area contributed by atoms with E-state index in [9.17, 15) is 4.39 Å². The van der Waals surface area contributed by atoms with Crippen LogP contribution in [0.25, 0.3) is 0 Å². The minimum Gasteiger partial charge on any atom is -0.439 e. The molecule has 4 nitrogen and oxygen atoms in total. The van der Waals surface area contributed by atoms with E-state index in [-0.39, 0.29) is 5.82 Å².